The lowest BCUT2D eigenvalue weighted by molar-refractivity contribution is 0.0949. The Bertz CT molecular complexity index is 406. The van der Waals surface area contributed by atoms with Crippen LogP contribution < -0.4 is 11.1 Å². The number of hydrogen-bond donors (Lipinski definition) is 2. The van der Waals surface area contributed by atoms with E-state index in [1.165, 1.54) is 0 Å². The minimum atomic E-state index is -0.00542. The van der Waals surface area contributed by atoms with Crippen LogP contribution in [0.3, 0.4) is 0 Å². The molecule has 2 rings (SSSR count). The van der Waals surface area contributed by atoms with Crippen LogP contribution in [0.15, 0.2) is 18.2 Å². The minimum absolute atomic E-state index is 0. The molecule has 0 aliphatic heterocycles. The maximum Gasteiger partial charge on any atom is 0.251 e. The second kappa shape index (κ2) is 4.74. The Balaban J connectivity index is 0.00000128. The maximum atomic E-state index is 11.8. The molecule has 3 nitrogen and oxygen atoms in total. The van der Waals surface area contributed by atoms with Gasteiger partial charge < -0.3 is 11.1 Å². The molecule has 2 atom stereocenters. The summed E-state index contributed by atoms with van der Waals surface area (Å²) in [6.07, 6.45) is 1.09. The Morgan fingerprint density at radius 2 is 2.12 bits per heavy atom. The van der Waals surface area contributed by atoms with E-state index in [1.807, 2.05) is 19.1 Å². The van der Waals surface area contributed by atoms with Crippen molar-refractivity contribution in [2.75, 3.05) is 5.73 Å². The number of nitrogens with two attached hydrogens (primary N) is 1. The van der Waals surface area contributed by atoms with Crippen molar-refractivity contribution in [2.24, 2.45) is 5.92 Å². The van der Waals surface area contributed by atoms with Crippen molar-refractivity contribution < 1.29 is 4.79 Å². The topological polar surface area (TPSA) is 55.1 Å². The van der Waals surface area contributed by atoms with Crippen LogP contribution in [0.5, 0.6) is 0 Å². The van der Waals surface area contributed by atoms with Gasteiger partial charge in [-0.1, -0.05) is 13.0 Å². The van der Waals surface area contributed by atoms with Gasteiger partial charge in [-0.05, 0) is 37.0 Å². The predicted octanol–water partition coefficient (Wildman–Crippen LogP) is 2.14. The van der Waals surface area contributed by atoms with Crippen LogP contribution in [0.25, 0.3) is 0 Å². The molecule has 4 heteroatoms. The number of halogens is 1. The number of rotatable bonds is 2. The number of aryl methyl sites for hydroxylation is 1. The number of carbonyl (C=O) groups excluding carboxylic acids is 1. The Kier molecular flexibility index (Phi) is 3.81. The third-order valence-electron chi connectivity index (χ3n) is 2.93. The van der Waals surface area contributed by atoms with Crippen LogP contribution >= 0.6 is 12.4 Å². The van der Waals surface area contributed by atoms with Crippen LogP contribution in [0.2, 0.25) is 0 Å². The van der Waals surface area contributed by atoms with Crippen molar-refractivity contribution in [1.29, 1.82) is 0 Å². The maximum absolute atomic E-state index is 11.8. The standard InChI is InChI=1S/C12H16N2O.ClH/c1-7-3-4-9(13)6-10(7)12(15)14-11-5-8(11)2;/h3-4,6,8,11H,5,13H2,1-2H3,(H,14,15);1H. The van der Waals surface area contributed by atoms with Crippen molar-refractivity contribution in [1.82, 2.24) is 5.32 Å². The molecule has 1 amide bonds. The van der Waals surface area contributed by atoms with Gasteiger partial charge in [0, 0.05) is 17.3 Å². The first-order chi connectivity index (χ1) is 7.08. The Morgan fingerprint density at radius 1 is 1.50 bits per heavy atom. The molecule has 1 aliphatic carbocycles. The molecular formula is C12H17ClN2O. The fraction of sp³-hybridized carbons (Fsp3) is 0.417. The Hall–Kier alpha value is -1.22. The predicted molar refractivity (Wildman–Crippen MR) is 67.9 cm³/mol. The minimum Gasteiger partial charge on any atom is -0.399 e. The van der Waals surface area contributed by atoms with Gasteiger partial charge in [-0.25, -0.2) is 0 Å². The summed E-state index contributed by atoms with van der Waals surface area (Å²) in [6, 6.07) is 5.78. The van der Waals surface area contributed by atoms with Crippen molar-refractivity contribution in [2.45, 2.75) is 26.3 Å². The first-order valence-corrected chi connectivity index (χ1v) is 5.25. The molecule has 0 spiro atoms. The van der Waals surface area contributed by atoms with E-state index in [-0.39, 0.29) is 18.3 Å². The monoisotopic (exact) mass is 240 g/mol. The van der Waals surface area contributed by atoms with Gasteiger partial charge in [0.05, 0.1) is 0 Å². The van der Waals surface area contributed by atoms with Gasteiger partial charge in [-0.15, -0.1) is 12.4 Å². The van der Waals surface area contributed by atoms with E-state index in [2.05, 4.69) is 12.2 Å². The highest BCUT2D eigenvalue weighted by atomic mass is 35.5. The molecule has 3 N–H and O–H groups in total. The highest BCUT2D eigenvalue weighted by Crippen LogP contribution is 2.29. The van der Waals surface area contributed by atoms with Crippen LogP contribution in [-0.4, -0.2) is 11.9 Å². The van der Waals surface area contributed by atoms with Gasteiger partial charge >= 0.3 is 0 Å². The highest BCUT2D eigenvalue weighted by Gasteiger charge is 2.34. The number of anilines is 1. The van der Waals surface area contributed by atoms with E-state index in [9.17, 15) is 4.79 Å². The van der Waals surface area contributed by atoms with Gasteiger partial charge in [0.25, 0.3) is 5.91 Å². The summed E-state index contributed by atoms with van der Waals surface area (Å²) < 4.78 is 0. The molecule has 1 fully saturated rings. The summed E-state index contributed by atoms with van der Waals surface area (Å²) in [5.74, 6) is 0.615. The average molecular weight is 241 g/mol. The van der Waals surface area contributed by atoms with E-state index in [1.54, 1.807) is 6.07 Å². The van der Waals surface area contributed by atoms with Gasteiger partial charge in [0.2, 0.25) is 0 Å². The first kappa shape index (κ1) is 12.8. The van der Waals surface area contributed by atoms with Crippen molar-refractivity contribution in [3.8, 4) is 0 Å². The lowest BCUT2D eigenvalue weighted by atomic mass is 10.1. The number of amides is 1. The van der Waals surface area contributed by atoms with Gasteiger partial charge in [-0.2, -0.15) is 0 Å². The van der Waals surface area contributed by atoms with Gasteiger partial charge in [0.15, 0.2) is 0 Å². The third kappa shape index (κ3) is 2.67. The highest BCUT2D eigenvalue weighted by molar-refractivity contribution is 5.96. The SMILES string of the molecule is Cc1ccc(N)cc1C(=O)NC1CC1C.Cl. The summed E-state index contributed by atoms with van der Waals surface area (Å²) in [7, 11) is 0. The van der Waals surface area contributed by atoms with Crippen molar-refractivity contribution >= 4 is 24.0 Å². The summed E-state index contributed by atoms with van der Waals surface area (Å²) >= 11 is 0. The van der Waals surface area contributed by atoms with Gasteiger partial charge in [0.1, 0.15) is 0 Å². The zero-order valence-electron chi connectivity index (χ0n) is 9.49. The average Bonchev–Trinajstić information content (AvgIpc) is 2.86. The van der Waals surface area contributed by atoms with E-state index in [0.29, 0.717) is 23.2 Å². The normalized spacial score (nSPS) is 22.1. The van der Waals surface area contributed by atoms with E-state index in [0.717, 1.165) is 12.0 Å². The molecule has 1 aromatic carbocycles. The number of carbonyl (C=O) groups is 1. The smallest absolute Gasteiger partial charge is 0.251 e. The summed E-state index contributed by atoms with van der Waals surface area (Å²) in [5, 5.41) is 2.99. The lowest BCUT2D eigenvalue weighted by Crippen LogP contribution is -2.27. The molecule has 1 aromatic rings. The fourth-order valence-electron chi connectivity index (χ4n) is 1.65. The number of hydrogen-bond acceptors (Lipinski definition) is 2. The zero-order valence-corrected chi connectivity index (χ0v) is 10.3. The third-order valence-corrected chi connectivity index (χ3v) is 2.93. The van der Waals surface area contributed by atoms with Crippen LogP contribution in [0.1, 0.15) is 29.3 Å². The molecule has 0 heterocycles. The molecule has 1 aliphatic rings. The van der Waals surface area contributed by atoms with Gasteiger partial charge in [-0.3, -0.25) is 4.79 Å². The van der Waals surface area contributed by atoms with E-state index >= 15 is 0 Å². The van der Waals surface area contributed by atoms with E-state index in [4.69, 9.17) is 5.73 Å². The second-order valence-electron chi connectivity index (χ2n) is 4.37. The number of nitrogen functional groups attached to an aromatic ring is 1. The molecule has 0 aromatic heterocycles. The Morgan fingerprint density at radius 3 is 2.69 bits per heavy atom. The zero-order chi connectivity index (χ0) is 11.0. The summed E-state index contributed by atoms with van der Waals surface area (Å²) in [6.45, 7) is 4.06. The molecule has 16 heavy (non-hydrogen) atoms. The van der Waals surface area contributed by atoms with E-state index < -0.39 is 0 Å². The molecular weight excluding hydrogens is 224 g/mol. The molecule has 1 saturated carbocycles. The number of nitrogens with one attached hydrogen (secondary N) is 1. The van der Waals surface area contributed by atoms with Crippen molar-refractivity contribution in [3.05, 3.63) is 29.3 Å². The molecule has 88 valence electrons. The molecule has 0 bridgehead atoms. The van der Waals surface area contributed by atoms with Crippen LogP contribution in [0.4, 0.5) is 5.69 Å². The largest absolute Gasteiger partial charge is 0.399 e. The Labute approximate surface area is 102 Å². The van der Waals surface area contributed by atoms with Crippen molar-refractivity contribution in [3.63, 3.8) is 0 Å². The number of benzene rings is 1. The first-order valence-electron chi connectivity index (χ1n) is 5.25. The second-order valence-corrected chi connectivity index (χ2v) is 4.37. The molecule has 2 unspecified atom stereocenters. The molecule has 0 saturated heterocycles. The van der Waals surface area contributed by atoms with Crippen LogP contribution in [-0.2, 0) is 0 Å². The van der Waals surface area contributed by atoms with Crippen LogP contribution in [0, 0.1) is 12.8 Å². The summed E-state index contributed by atoms with van der Waals surface area (Å²) in [5.41, 5.74) is 7.95. The quantitative estimate of drug-likeness (QED) is 0.779. The summed E-state index contributed by atoms with van der Waals surface area (Å²) in [4.78, 5) is 11.8. The fourth-order valence-corrected chi connectivity index (χ4v) is 1.65. The lowest BCUT2D eigenvalue weighted by Gasteiger charge is -2.07. The molecule has 0 radical (unpaired) electrons.